The zero-order chi connectivity index (χ0) is 16.4. The van der Waals surface area contributed by atoms with Crippen LogP contribution in [0.5, 0.6) is 11.5 Å². The Hall–Kier alpha value is -2.38. The largest absolute Gasteiger partial charge is 0.504 e. The first kappa shape index (κ1) is 16.0. The van der Waals surface area contributed by atoms with Crippen molar-refractivity contribution in [3.63, 3.8) is 0 Å². The van der Waals surface area contributed by atoms with E-state index in [9.17, 15) is 23.5 Å². The van der Waals surface area contributed by atoms with Crippen molar-refractivity contribution in [1.29, 1.82) is 0 Å². The quantitative estimate of drug-likeness (QED) is 0.884. The van der Waals surface area contributed by atoms with Crippen LogP contribution >= 0.6 is 0 Å². The molecule has 1 amide bonds. The van der Waals surface area contributed by atoms with Crippen molar-refractivity contribution in [2.24, 2.45) is 0 Å². The number of halogens is 2. The first-order chi connectivity index (χ1) is 10.3. The number of phenolic OH excluding ortho intramolecular Hbond substituents is 1. The molecule has 1 fully saturated rings. The third kappa shape index (κ3) is 3.26. The van der Waals surface area contributed by atoms with Crippen molar-refractivity contribution >= 4 is 11.9 Å². The molecular weight excluding hydrogens is 300 g/mol. The zero-order valence-corrected chi connectivity index (χ0v) is 11.7. The van der Waals surface area contributed by atoms with E-state index < -0.39 is 24.4 Å². The fourth-order valence-electron chi connectivity index (χ4n) is 2.64. The van der Waals surface area contributed by atoms with Crippen molar-refractivity contribution in [2.45, 2.75) is 31.9 Å². The number of carboxylic acids is 1. The Kier molecular flexibility index (Phi) is 4.48. The summed E-state index contributed by atoms with van der Waals surface area (Å²) >= 11 is 0. The smallest absolute Gasteiger partial charge is 0.387 e. The number of nitrogens with zero attached hydrogens (tertiary/aromatic N) is 1. The SMILES string of the molecule is CC(=O)N1CC(c2ccc(OC(F)F)c(O)c2)C[C@@H]1C(=O)O. The number of hydrogen-bond acceptors (Lipinski definition) is 4. The van der Waals surface area contributed by atoms with Crippen LogP contribution in [0.4, 0.5) is 8.78 Å². The minimum atomic E-state index is -3.05. The molecule has 0 aliphatic carbocycles. The van der Waals surface area contributed by atoms with Gasteiger partial charge in [-0.1, -0.05) is 6.07 Å². The van der Waals surface area contributed by atoms with E-state index in [-0.39, 0.29) is 30.5 Å². The van der Waals surface area contributed by atoms with Gasteiger partial charge in [0, 0.05) is 19.4 Å². The highest BCUT2D eigenvalue weighted by atomic mass is 19.3. The Morgan fingerprint density at radius 2 is 2.09 bits per heavy atom. The van der Waals surface area contributed by atoms with Gasteiger partial charge in [-0.2, -0.15) is 8.78 Å². The Bertz CT molecular complexity index is 571. The van der Waals surface area contributed by atoms with Gasteiger partial charge < -0.3 is 19.8 Å². The average Bonchev–Trinajstić information content (AvgIpc) is 2.86. The van der Waals surface area contributed by atoms with E-state index in [1.165, 1.54) is 30.0 Å². The molecule has 1 aliphatic heterocycles. The van der Waals surface area contributed by atoms with Crippen molar-refractivity contribution in [1.82, 2.24) is 4.90 Å². The van der Waals surface area contributed by atoms with Crippen LogP contribution < -0.4 is 4.74 Å². The van der Waals surface area contributed by atoms with Gasteiger partial charge in [0.2, 0.25) is 5.91 Å². The molecule has 0 spiro atoms. The molecule has 1 aromatic rings. The van der Waals surface area contributed by atoms with Gasteiger partial charge in [-0.25, -0.2) is 4.79 Å². The molecule has 1 saturated heterocycles. The van der Waals surface area contributed by atoms with Crippen molar-refractivity contribution in [3.8, 4) is 11.5 Å². The maximum atomic E-state index is 12.1. The van der Waals surface area contributed by atoms with E-state index in [0.29, 0.717) is 5.56 Å². The molecule has 0 radical (unpaired) electrons. The fraction of sp³-hybridized carbons (Fsp3) is 0.429. The van der Waals surface area contributed by atoms with Crippen molar-refractivity contribution < 1.29 is 33.3 Å². The Morgan fingerprint density at radius 1 is 1.41 bits per heavy atom. The Balaban J connectivity index is 2.20. The van der Waals surface area contributed by atoms with E-state index in [2.05, 4.69) is 4.74 Å². The van der Waals surface area contributed by atoms with Crippen LogP contribution in [-0.4, -0.2) is 46.2 Å². The summed E-state index contributed by atoms with van der Waals surface area (Å²) in [6.45, 7) is -1.57. The van der Waals surface area contributed by atoms with Crippen LogP contribution in [0.3, 0.4) is 0 Å². The highest BCUT2D eigenvalue weighted by Gasteiger charge is 2.39. The molecule has 22 heavy (non-hydrogen) atoms. The van der Waals surface area contributed by atoms with Crippen LogP contribution in [0.15, 0.2) is 18.2 Å². The van der Waals surface area contributed by atoms with Gasteiger partial charge in [0.05, 0.1) is 0 Å². The van der Waals surface area contributed by atoms with Gasteiger partial charge in [0.25, 0.3) is 0 Å². The van der Waals surface area contributed by atoms with Crippen LogP contribution in [0.2, 0.25) is 0 Å². The predicted molar refractivity (Wildman–Crippen MR) is 70.9 cm³/mol. The number of alkyl halides is 2. The molecule has 2 N–H and O–H groups in total. The van der Waals surface area contributed by atoms with Gasteiger partial charge in [0.15, 0.2) is 11.5 Å². The molecule has 0 saturated carbocycles. The van der Waals surface area contributed by atoms with Gasteiger partial charge in [-0.15, -0.1) is 0 Å². The first-order valence-corrected chi connectivity index (χ1v) is 6.57. The highest BCUT2D eigenvalue weighted by molar-refractivity contribution is 5.83. The van der Waals surface area contributed by atoms with Crippen LogP contribution in [0.1, 0.15) is 24.8 Å². The van der Waals surface area contributed by atoms with E-state index in [1.54, 1.807) is 0 Å². The summed E-state index contributed by atoms with van der Waals surface area (Å²) in [5.41, 5.74) is 0.564. The van der Waals surface area contributed by atoms with Crippen LogP contribution in [-0.2, 0) is 9.59 Å². The summed E-state index contributed by atoms with van der Waals surface area (Å²) in [5.74, 6) is -2.55. The number of benzene rings is 1. The number of carbonyl (C=O) groups is 2. The molecule has 2 rings (SSSR count). The van der Waals surface area contributed by atoms with Crippen molar-refractivity contribution in [3.05, 3.63) is 23.8 Å². The molecular formula is C14H15F2NO5. The molecule has 0 aromatic heterocycles. The first-order valence-electron chi connectivity index (χ1n) is 6.57. The van der Waals surface area contributed by atoms with Gasteiger partial charge in [0.1, 0.15) is 6.04 Å². The topological polar surface area (TPSA) is 87.1 Å². The summed E-state index contributed by atoms with van der Waals surface area (Å²) in [6, 6.07) is 3.00. The number of amides is 1. The molecule has 1 unspecified atom stereocenters. The molecule has 6 nitrogen and oxygen atoms in total. The summed E-state index contributed by atoms with van der Waals surface area (Å²) in [5, 5.41) is 18.8. The number of carboxylic acid groups (broad SMARTS) is 1. The minimum absolute atomic E-state index is 0.195. The lowest BCUT2D eigenvalue weighted by Crippen LogP contribution is -2.39. The van der Waals surface area contributed by atoms with E-state index >= 15 is 0 Å². The molecule has 1 heterocycles. The maximum Gasteiger partial charge on any atom is 0.387 e. The summed E-state index contributed by atoms with van der Waals surface area (Å²) in [7, 11) is 0. The second kappa shape index (κ2) is 6.17. The standard InChI is InChI=1S/C14H15F2NO5/c1-7(18)17-6-9(4-10(17)13(20)21)8-2-3-12(11(19)5-8)22-14(15)16/h2-3,5,9-10,14,19H,4,6H2,1H3,(H,20,21)/t9?,10-/m1/s1. The average molecular weight is 315 g/mol. The minimum Gasteiger partial charge on any atom is -0.504 e. The fourth-order valence-corrected chi connectivity index (χ4v) is 2.64. The Morgan fingerprint density at radius 3 is 2.55 bits per heavy atom. The summed E-state index contributed by atoms with van der Waals surface area (Å²) < 4.78 is 28.4. The second-order valence-electron chi connectivity index (χ2n) is 5.06. The molecule has 2 atom stereocenters. The van der Waals surface area contributed by atoms with Gasteiger partial charge >= 0.3 is 12.6 Å². The van der Waals surface area contributed by atoms with Gasteiger partial charge in [-0.3, -0.25) is 4.79 Å². The molecule has 1 aromatic carbocycles. The molecule has 8 heteroatoms. The number of ether oxygens (including phenoxy) is 1. The van der Waals surface area contributed by atoms with Crippen LogP contribution in [0.25, 0.3) is 0 Å². The highest BCUT2D eigenvalue weighted by Crippen LogP contribution is 2.36. The monoisotopic (exact) mass is 315 g/mol. The molecule has 120 valence electrons. The number of phenols is 1. The van der Waals surface area contributed by atoms with E-state index in [1.807, 2.05) is 0 Å². The van der Waals surface area contributed by atoms with Crippen molar-refractivity contribution in [2.75, 3.05) is 6.54 Å². The van der Waals surface area contributed by atoms with E-state index in [0.717, 1.165) is 0 Å². The number of carbonyl (C=O) groups excluding carboxylic acids is 1. The summed E-state index contributed by atoms with van der Waals surface area (Å²) in [6.07, 6.45) is 0.198. The van der Waals surface area contributed by atoms with Gasteiger partial charge in [-0.05, 0) is 24.1 Å². The molecule has 0 bridgehead atoms. The third-order valence-electron chi connectivity index (χ3n) is 3.66. The lowest BCUT2D eigenvalue weighted by atomic mass is 9.96. The maximum absolute atomic E-state index is 12.1. The number of rotatable bonds is 4. The number of likely N-dealkylation sites (tertiary alicyclic amines) is 1. The number of aliphatic carboxylic acids is 1. The Labute approximate surface area is 124 Å². The second-order valence-corrected chi connectivity index (χ2v) is 5.06. The number of aromatic hydroxyl groups is 1. The summed E-state index contributed by atoms with van der Waals surface area (Å²) in [4.78, 5) is 23.9. The predicted octanol–water partition coefficient (Wildman–Crippen LogP) is 1.78. The normalized spacial score (nSPS) is 21.2. The molecule has 1 aliphatic rings. The zero-order valence-electron chi connectivity index (χ0n) is 11.7. The lowest BCUT2D eigenvalue weighted by Gasteiger charge is -2.19. The number of hydrogen-bond donors (Lipinski definition) is 2. The lowest BCUT2D eigenvalue weighted by molar-refractivity contribution is -0.147. The van der Waals surface area contributed by atoms with E-state index in [4.69, 9.17) is 5.11 Å². The third-order valence-corrected chi connectivity index (χ3v) is 3.66. The van der Waals surface area contributed by atoms with Crippen LogP contribution in [0, 0.1) is 0 Å².